The molecule has 1 aromatic heterocycles. The van der Waals surface area contributed by atoms with Crippen LogP contribution in [0.3, 0.4) is 0 Å². The molecule has 0 aliphatic carbocycles. The highest BCUT2D eigenvalue weighted by molar-refractivity contribution is 6.02. The molecule has 1 N–H and O–H groups in total. The van der Waals surface area contributed by atoms with Gasteiger partial charge >= 0.3 is 0 Å². The number of pyridine rings is 1. The molecule has 3 heterocycles. The number of nitrogens with zero attached hydrogens (tertiary/aromatic N) is 3. The molecule has 6 nitrogen and oxygen atoms in total. The topological polar surface area (TPSA) is 57.7 Å². The largest absolute Gasteiger partial charge is 0.492 e. The first-order valence-electron chi connectivity index (χ1n) is 10.6. The van der Waals surface area contributed by atoms with Crippen LogP contribution in [0.5, 0.6) is 5.75 Å². The van der Waals surface area contributed by atoms with E-state index in [2.05, 4.69) is 46.2 Å². The molecule has 0 unspecified atom stereocenters. The van der Waals surface area contributed by atoms with E-state index in [0.29, 0.717) is 24.1 Å². The van der Waals surface area contributed by atoms with Crippen molar-refractivity contribution in [3.8, 4) is 5.75 Å². The molecule has 2 saturated heterocycles. The number of amides is 1. The number of hydrogen-bond donors (Lipinski definition) is 1. The molecule has 2 fully saturated rings. The first-order valence-corrected chi connectivity index (χ1v) is 10.6. The van der Waals surface area contributed by atoms with Crippen LogP contribution in [-0.2, 0) is 0 Å². The van der Waals surface area contributed by atoms with E-state index in [1.165, 1.54) is 18.7 Å². The SMILES string of the molecule is CCCCOc1ccc(C(=O)Nc2ccc(N3CC[C@@H]4CN(C)C[C@@H]43)cc2)nc1. The molecule has 2 aliphatic rings. The van der Waals surface area contributed by atoms with E-state index >= 15 is 0 Å². The Kier molecular flexibility index (Phi) is 6.00. The van der Waals surface area contributed by atoms with E-state index in [-0.39, 0.29) is 5.91 Å². The fourth-order valence-corrected chi connectivity index (χ4v) is 4.36. The van der Waals surface area contributed by atoms with Crippen LogP contribution in [0.15, 0.2) is 42.6 Å². The van der Waals surface area contributed by atoms with Gasteiger partial charge in [0.25, 0.3) is 5.91 Å². The highest BCUT2D eigenvalue weighted by Gasteiger charge is 2.39. The number of nitrogens with one attached hydrogen (secondary N) is 1. The average molecular weight is 395 g/mol. The second kappa shape index (κ2) is 8.82. The molecule has 4 rings (SSSR count). The number of hydrogen-bond acceptors (Lipinski definition) is 5. The van der Waals surface area contributed by atoms with Crippen molar-refractivity contribution >= 4 is 17.3 Å². The third kappa shape index (κ3) is 4.53. The van der Waals surface area contributed by atoms with E-state index in [1.54, 1.807) is 18.3 Å². The summed E-state index contributed by atoms with van der Waals surface area (Å²) in [6.07, 6.45) is 4.96. The van der Waals surface area contributed by atoms with Gasteiger partial charge in [-0.15, -0.1) is 0 Å². The number of likely N-dealkylation sites (tertiary alicyclic amines) is 1. The van der Waals surface area contributed by atoms with Gasteiger partial charge in [-0.05, 0) is 62.2 Å². The van der Waals surface area contributed by atoms with Crippen molar-refractivity contribution in [1.29, 1.82) is 0 Å². The molecule has 29 heavy (non-hydrogen) atoms. The van der Waals surface area contributed by atoms with Crippen LogP contribution in [0.25, 0.3) is 0 Å². The Balaban J connectivity index is 1.34. The summed E-state index contributed by atoms with van der Waals surface area (Å²) in [6, 6.07) is 12.3. The first kappa shape index (κ1) is 19.7. The Morgan fingerprint density at radius 1 is 1.21 bits per heavy atom. The summed E-state index contributed by atoms with van der Waals surface area (Å²) in [4.78, 5) is 21.6. The molecule has 0 radical (unpaired) electrons. The summed E-state index contributed by atoms with van der Waals surface area (Å²) < 4.78 is 5.60. The van der Waals surface area contributed by atoms with E-state index < -0.39 is 0 Å². The van der Waals surface area contributed by atoms with Crippen molar-refractivity contribution in [1.82, 2.24) is 9.88 Å². The van der Waals surface area contributed by atoms with Crippen LogP contribution in [0.1, 0.15) is 36.7 Å². The highest BCUT2D eigenvalue weighted by atomic mass is 16.5. The van der Waals surface area contributed by atoms with Crippen molar-refractivity contribution in [3.05, 3.63) is 48.3 Å². The van der Waals surface area contributed by atoms with Crippen molar-refractivity contribution in [2.45, 2.75) is 32.2 Å². The van der Waals surface area contributed by atoms with Gasteiger partial charge in [0.15, 0.2) is 0 Å². The molecule has 0 bridgehead atoms. The predicted octanol–water partition coefficient (Wildman–Crippen LogP) is 3.65. The minimum atomic E-state index is -0.212. The highest BCUT2D eigenvalue weighted by Crippen LogP contribution is 2.34. The smallest absolute Gasteiger partial charge is 0.274 e. The Morgan fingerprint density at radius 2 is 2.03 bits per heavy atom. The van der Waals surface area contributed by atoms with Crippen LogP contribution in [0.4, 0.5) is 11.4 Å². The standard InChI is InChI=1S/C23H30N4O2/c1-3-4-13-29-20-9-10-21(24-14-20)23(28)25-18-5-7-19(8-6-18)27-12-11-17-15-26(2)16-22(17)27/h5-10,14,17,22H,3-4,11-13,15-16H2,1-2H3,(H,25,28)/t17-,22+/m1/s1. The van der Waals surface area contributed by atoms with E-state index in [9.17, 15) is 4.79 Å². The van der Waals surface area contributed by atoms with Crippen molar-refractivity contribution < 1.29 is 9.53 Å². The summed E-state index contributed by atoms with van der Waals surface area (Å²) in [6.45, 7) is 6.24. The molecule has 1 aromatic carbocycles. The number of carbonyl (C=O) groups excluding carboxylic acids is 1. The maximum Gasteiger partial charge on any atom is 0.274 e. The first-order chi connectivity index (χ1) is 14.1. The van der Waals surface area contributed by atoms with Crippen LogP contribution in [0.2, 0.25) is 0 Å². The lowest BCUT2D eigenvalue weighted by molar-refractivity contribution is 0.102. The fraction of sp³-hybridized carbons (Fsp3) is 0.478. The molecule has 1 amide bonds. The maximum absolute atomic E-state index is 12.5. The normalized spacial score (nSPS) is 21.2. The number of anilines is 2. The second-order valence-electron chi connectivity index (χ2n) is 8.11. The zero-order chi connectivity index (χ0) is 20.2. The minimum absolute atomic E-state index is 0.212. The molecule has 2 aromatic rings. The van der Waals surface area contributed by atoms with Gasteiger partial charge in [0.05, 0.1) is 12.8 Å². The molecule has 6 heteroatoms. The number of carbonyl (C=O) groups is 1. The molecule has 154 valence electrons. The van der Waals surface area contributed by atoms with Gasteiger partial charge in [0, 0.05) is 37.1 Å². The quantitative estimate of drug-likeness (QED) is 0.727. The minimum Gasteiger partial charge on any atom is -0.492 e. The molecular formula is C23H30N4O2. The van der Waals surface area contributed by atoms with Gasteiger partial charge in [-0.25, -0.2) is 4.98 Å². The summed E-state index contributed by atoms with van der Waals surface area (Å²) in [5, 5.41) is 2.93. The van der Waals surface area contributed by atoms with E-state index in [1.807, 2.05) is 12.1 Å². The summed E-state index contributed by atoms with van der Waals surface area (Å²) >= 11 is 0. The van der Waals surface area contributed by atoms with Crippen LogP contribution >= 0.6 is 0 Å². The Hall–Kier alpha value is -2.60. The number of benzene rings is 1. The molecular weight excluding hydrogens is 364 g/mol. The monoisotopic (exact) mass is 394 g/mol. The van der Waals surface area contributed by atoms with E-state index in [4.69, 9.17) is 4.74 Å². The fourth-order valence-electron chi connectivity index (χ4n) is 4.36. The second-order valence-corrected chi connectivity index (χ2v) is 8.11. The average Bonchev–Trinajstić information content (AvgIpc) is 3.28. The number of likely N-dealkylation sites (N-methyl/N-ethyl adjacent to an activating group) is 1. The lowest BCUT2D eigenvalue weighted by Crippen LogP contribution is -2.34. The Morgan fingerprint density at radius 3 is 2.76 bits per heavy atom. The zero-order valence-electron chi connectivity index (χ0n) is 17.3. The van der Waals surface area contributed by atoms with Gasteiger partial charge in [-0.3, -0.25) is 4.79 Å². The van der Waals surface area contributed by atoms with Crippen LogP contribution in [-0.4, -0.2) is 55.1 Å². The zero-order valence-corrected chi connectivity index (χ0v) is 17.3. The Labute approximate surface area is 172 Å². The molecule has 2 aliphatic heterocycles. The molecule has 0 spiro atoms. The number of unbranched alkanes of at least 4 members (excludes halogenated alkanes) is 1. The predicted molar refractivity (Wildman–Crippen MR) is 116 cm³/mol. The molecule has 2 atom stereocenters. The third-order valence-corrected chi connectivity index (χ3v) is 5.92. The van der Waals surface area contributed by atoms with Crippen molar-refractivity contribution in [2.24, 2.45) is 5.92 Å². The lowest BCUT2D eigenvalue weighted by atomic mass is 10.0. The van der Waals surface area contributed by atoms with Crippen molar-refractivity contribution in [3.63, 3.8) is 0 Å². The lowest BCUT2D eigenvalue weighted by Gasteiger charge is -2.26. The van der Waals surface area contributed by atoms with Crippen LogP contribution < -0.4 is 15.0 Å². The van der Waals surface area contributed by atoms with Gasteiger partial charge in [0.2, 0.25) is 0 Å². The van der Waals surface area contributed by atoms with Crippen LogP contribution in [0, 0.1) is 5.92 Å². The van der Waals surface area contributed by atoms with Gasteiger partial charge < -0.3 is 19.9 Å². The number of fused-ring (bicyclic) bond motifs is 1. The summed E-state index contributed by atoms with van der Waals surface area (Å²) in [5.41, 5.74) is 2.40. The summed E-state index contributed by atoms with van der Waals surface area (Å²) in [7, 11) is 2.20. The van der Waals surface area contributed by atoms with Gasteiger partial charge in [0.1, 0.15) is 11.4 Å². The van der Waals surface area contributed by atoms with Gasteiger partial charge in [-0.2, -0.15) is 0 Å². The van der Waals surface area contributed by atoms with Crippen molar-refractivity contribution in [2.75, 3.05) is 43.5 Å². The number of aromatic nitrogens is 1. The number of ether oxygens (including phenoxy) is 1. The summed E-state index contributed by atoms with van der Waals surface area (Å²) in [5.74, 6) is 1.26. The van der Waals surface area contributed by atoms with E-state index in [0.717, 1.165) is 37.5 Å². The maximum atomic E-state index is 12.5. The molecule has 0 saturated carbocycles. The number of rotatable bonds is 7. The van der Waals surface area contributed by atoms with Gasteiger partial charge in [-0.1, -0.05) is 13.3 Å². The third-order valence-electron chi connectivity index (χ3n) is 5.92. The Bertz CT molecular complexity index is 822.